The number of nitrogens with zero attached hydrogens (tertiary/aromatic N) is 1. The van der Waals surface area contributed by atoms with Crippen molar-refractivity contribution in [2.45, 2.75) is 19.8 Å². The van der Waals surface area contributed by atoms with E-state index in [9.17, 15) is 8.42 Å². The first-order chi connectivity index (χ1) is 8.51. The molecule has 6 heteroatoms. The molecule has 0 saturated carbocycles. The van der Waals surface area contributed by atoms with Gasteiger partial charge in [-0.3, -0.25) is 4.72 Å². The molecule has 0 atom stereocenters. The van der Waals surface area contributed by atoms with Gasteiger partial charge in [-0.25, -0.2) is 0 Å². The molecule has 0 aromatic heterocycles. The Balaban J connectivity index is 2.82. The van der Waals surface area contributed by atoms with E-state index in [4.69, 9.17) is 5.73 Å². The van der Waals surface area contributed by atoms with Gasteiger partial charge in [0.25, 0.3) is 0 Å². The monoisotopic (exact) mass is 271 g/mol. The third kappa shape index (κ3) is 3.97. The van der Waals surface area contributed by atoms with Crippen LogP contribution in [0.3, 0.4) is 0 Å². The minimum atomic E-state index is -3.49. The average Bonchev–Trinajstić information content (AvgIpc) is 2.36. The molecule has 0 saturated heterocycles. The van der Waals surface area contributed by atoms with E-state index in [1.54, 1.807) is 13.1 Å². The Morgan fingerprint density at radius 1 is 1.33 bits per heavy atom. The summed E-state index contributed by atoms with van der Waals surface area (Å²) in [5.74, 6) is 0. The van der Waals surface area contributed by atoms with Gasteiger partial charge in [0.15, 0.2) is 0 Å². The standard InChI is InChI=1S/C12H21N3O2S/c1-3-11-7-4-5-8-12(11)14-18(16,17)15(2)10-6-9-13/h4-5,7-8,14H,3,6,9-10,13H2,1-2H3. The first-order valence-electron chi connectivity index (χ1n) is 6.03. The quantitative estimate of drug-likeness (QED) is 0.782. The van der Waals surface area contributed by atoms with E-state index in [0.717, 1.165) is 12.0 Å². The average molecular weight is 271 g/mol. The van der Waals surface area contributed by atoms with Gasteiger partial charge in [0, 0.05) is 13.6 Å². The van der Waals surface area contributed by atoms with Crippen LogP contribution in [0, 0.1) is 0 Å². The summed E-state index contributed by atoms with van der Waals surface area (Å²) < 4.78 is 28.0. The summed E-state index contributed by atoms with van der Waals surface area (Å²) in [7, 11) is -1.94. The van der Waals surface area contributed by atoms with Gasteiger partial charge in [-0.15, -0.1) is 0 Å². The number of rotatable bonds is 7. The molecule has 5 nitrogen and oxygen atoms in total. The van der Waals surface area contributed by atoms with Crippen molar-refractivity contribution in [3.05, 3.63) is 29.8 Å². The zero-order chi connectivity index (χ0) is 13.6. The highest BCUT2D eigenvalue weighted by Crippen LogP contribution is 2.17. The Labute approximate surface area is 109 Å². The lowest BCUT2D eigenvalue weighted by molar-refractivity contribution is 0.468. The number of hydrogen-bond donors (Lipinski definition) is 2. The summed E-state index contributed by atoms with van der Waals surface area (Å²) in [5, 5.41) is 0. The third-order valence-corrected chi connectivity index (χ3v) is 4.21. The van der Waals surface area contributed by atoms with E-state index < -0.39 is 10.2 Å². The summed E-state index contributed by atoms with van der Waals surface area (Å²) >= 11 is 0. The Morgan fingerprint density at radius 2 is 2.00 bits per heavy atom. The van der Waals surface area contributed by atoms with Crippen LogP contribution < -0.4 is 10.5 Å². The smallest absolute Gasteiger partial charge is 0.301 e. The second-order valence-corrected chi connectivity index (χ2v) is 5.86. The number of hydrogen-bond acceptors (Lipinski definition) is 3. The van der Waals surface area contributed by atoms with Crippen molar-refractivity contribution < 1.29 is 8.42 Å². The van der Waals surface area contributed by atoms with Gasteiger partial charge in [-0.1, -0.05) is 25.1 Å². The van der Waals surface area contributed by atoms with E-state index in [-0.39, 0.29) is 0 Å². The predicted molar refractivity (Wildman–Crippen MR) is 74.7 cm³/mol. The molecule has 0 heterocycles. The van der Waals surface area contributed by atoms with Crippen LogP contribution in [0.2, 0.25) is 0 Å². The third-order valence-electron chi connectivity index (χ3n) is 2.72. The number of nitrogens with two attached hydrogens (primary N) is 1. The maximum absolute atomic E-state index is 12.0. The van der Waals surface area contributed by atoms with E-state index >= 15 is 0 Å². The van der Waals surface area contributed by atoms with E-state index in [0.29, 0.717) is 25.2 Å². The fraction of sp³-hybridized carbons (Fsp3) is 0.500. The molecule has 0 spiro atoms. The lowest BCUT2D eigenvalue weighted by Crippen LogP contribution is -2.34. The first-order valence-corrected chi connectivity index (χ1v) is 7.47. The molecule has 0 fully saturated rings. The number of aryl methyl sites for hydroxylation is 1. The van der Waals surface area contributed by atoms with Crippen LogP contribution in [0.15, 0.2) is 24.3 Å². The minimum absolute atomic E-state index is 0.417. The van der Waals surface area contributed by atoms with Crippen molar-refractivity contribution >= 4 is 15.9 Å². The Bertz CT molecular complexity index is 474. The largest absolute Gasteiger partial charge is 0.330 e. The van der Waals surface area contributed by atoms with Crippen molar-refractivity contribution in [2.75, 3.05) is 24.9 Å². The topological polar surface area (TPSA) is 75.4 Å². The highest BCUT2D eigenvalue weighted by molar-refractivity contribution is 7.90. The molecular weight excluding hydrogens is 250 g/mol. The maximum atomic E-state index is 12.0. The number of nitrogens with one attached hydrogen (secondary N) is 1. The van der Waals surface area contributed by atoms with Gasteiger partial charge in [-0.2, -0.15) is 12.7 Å². The molecule has 0 aliphatic heterocycles. The summed E-state index contributed by atoms with van der Waals surface area (Å²) in [6.45, 7) is 2.89. The molecule has 1 rings (SSSR count). The minimum Gasteiger partial charge on any atom is -0.330 e. The summed E-state index contributed by atoms with van der Waals surface area (Å²) in [6.07, 6.45) is 1.43. The molecule has 0 bridgehead atoms. The number of para-hydroxylation sites is 1. The molecule has 0 aliphatic carbocycles. The fourth-order valence-corrected chi connectivity index (χ4v) is 2.58. The summed E-state index contributed by atoms with van der Waals surface area (Å²) in [6, 6.07) is 7.40. The second-order valence-electron chi connectivity index (χ2n) is 4.08. The number of anilines is 1. The molecule has 18 heavy (non-hydrogen) atoms. The van der Waals surface area contributed by atoms with E-state index in [1.165, 1.54) is 4.31 Å². The summed E-state index contributed by atoms with van der Waals surface area (Å²) in [4.78, 5) is 0. The zero-order valence-electron chi connectivity index (χ0n) is 10.9. The Hall–Kier alpha value is -1.11. The van der Waals surface area contributed by atoms with Gasteiger partial charge in [0.1, 0.15) is 0 Å². The Morgan fingerprint density at radius 3 is 2.61 bits per heavy atom. The van der Waals surface area contributed by atoms with Crippen LogP contribution in [0.4, 0.5) is 5.69 Å². The van der Waals surface area contributed by atoms with Gasteiger partial charge in [0.2, 0.25) is 0 Å². The van der Waals surface area contributed by atoms with Crippen LogP contribution in [-0.2, 0) is 16.6 Å². The normalized spacial score (nSPS) is 11.8. The molecular formula is C12H21N3O2S. The van der Waals surface area contributed by atoms with E-state index in [1.807, 2.05) is 25.1 Å². The molecule has 1 aromatic rings. The van der Waals surface area contributed by atoms with Crippen LogP contribution in [0.25, 0.3) is 0 Å². The lowest BCUT2D eigenvalue weighted by Gasteiger charge is -2.19. The molecule has 0 amide bonds. The molecule has 102 valence electrons. The van der Waals surface area contributed by atoms with Crippen molar-refractivity contribution in [1.29, 1.82) is 0 Å². The molecule has 0 unspecified atom stereocenters. The van der Waals surface area contributed by atoms with Gasteiger partial charge in [-0.05, 0) is 31.0 Å². The van der Waals surface area contributed by atoms with Crippen LogP contribution >= 0.6 is 0 Å². The highest BCUT2D eigenvalue weighted by atomic mass is 32.2. The zero-order valence-corrected chi connectivity index (χ0v) is 11.7. The second kappa shape index (κ2) is 6.72. The number of benzene rings is 1. The summed E-state index contributed by atoms with van der Waals surface area (Å²) in [5.41, 5.74) is 6.99. The van der Waals surface area contributed by atoms with Gasteiger partial charge < -0.3 is 5.73 Å². The predicted octanol–water partition coefficient (Wildman–Crippen LogP) is 1.19. The first kappa shape index (κ1) is 14.9. The Kier molecular flexibility index (Phi) is 5.58. The van der Waals surface area contributed by atoms with Crippen molar-refractivity contribution in [2.24, 2.45) is 5.73 Å². The van der Waals surface area contributed by atoms with Crippen molar-refractivity contribution in [1.82, 2.24) is 4.31 Å². The molecule has 0 radical (unpaired) electrons. The van der Waals surface area contributed by atoms with Crippen molar-refractivity contribution in [3.8, 4) is 0 Å². The van der Waals surface area contributed by atoms with E-state index in [2.05, 4.69) is 4.72 Å². The van der Waals surface area contributed by atoms with Crippen LogP contribution in [-0.4, -0.2) is 32.9 Å². The molecule has 1 aromatic carbocycles. The lowest BCUT2D eigenvalue weighted by atomic mass is 10.1. The van der Waals surface area contributed by atoms with Gasteiger partial charge >= 0.3 is 10.2 Å². The van der Waals surface area contributed by atoms with Crippen LogP contribution in [0.1, 0.15) is 18.9 Å². The SMILES string of the molecule is CCc1ccccc1NS(=O)(=O)N(C)CCCN. The highest BCUT2D eigenvalue weighted by Gasteiger charge is 2.17. The molecule has 0 aliphatic rings. The van der Waals surface area contributed by atoms with Crippen molar-refractivity contribution in [3.63, 3.8) is 0 Å². The fourth-order valence-electron chi connectivity index (χ4n) is 1.58. The van der Waals surface area contributed by atoms with Crippen LogP contribution in [0.5, 0.6) is 0 Å². The van der Waals surface area contributed by atoms with Gasteiger partial charge in [0.05, 0.1) is 5.69 Å². The molecule has 3 N–H and O–H groups in total. The maximum Gasteiger partial charge on any atom is 0.301 e.